The molecule has 0 N–H and O–H groups in total. The molecule has 1 rings (SSSR count). The van der Waals surface area contributed by atoms with E-state index in [0.29, 0.717) is 12.0 Å². The van der Waals surface area contributed by atoms with Gasteiger partial charge in [-0.15, -0.1) is 0 Å². The standard InChI is InChI=1S/C8H7F2/c1-2-6-5-7(9)3-4-8(6)10/h3,5H,2H2,1H3. The summed E-state index contributed by atoms with van der Waals surface area (Å²) < 4.78 is 24.9. The summed E-state index contributed by atoms with van der Waals surface area (Å²) in [5, 5.41) is 0. The highest BCUT2D eigenvalue weighted by atomic mass is 19.1. The van der Waals surface area contributed by atoms with E-state index in [1.807, 2.05) is 0 Å². The Bertz CT molecular complexity index is 231. The van der Waals surface area contributed by atoms with Gasteiger partial charge in [-0.05, 0) is 24.1 Å². The minimum absolute atomic E-state index is 0.375. The first-order valence-electron chi connectivity index (χ1n) is 3.09. The molecule has 0 saturated heterocycles. The van der Waals surface area contributed by atoms with Gasteiger partial charge in [0.25, 0.3) is 0 Å². The molecular weight excluding hydrogens is 134 g/mol. The molecule has 2 heteroatoms. The minimum atomic E-state index is -0.455. The van der Waals surface area contributed by atoms with Crippen LogP contribution in [0.5, 0.6) is 0 Å². The Kier molecular flexibility index (Phi) is 2.00. The van der Waals surface area contributed by atoms with Gasteiger partial charge in [-0.2, -0.15) is 0 Å². The van der Waals surface area contributed by atoms with Crippen LogP contribution in [0.1, 0.15) is 12.5 Å². The van der Waals surface area contributed by atoms with Gasteiger partial charge < -0.3 is 0 Å². The molecule has 0 bridgehead atoms. The number of hydrogen-bond acceptors (Lipinski definition) is 0. The lowest BCUT2D eigenvalue weighted by molar-refractivity contribution is 0.585. The summed E-state index contributed by atoms with van der Waals surface area (Å²) in [6.45, 7) is 1.77. The number of halogens is 2. The van der Waals surface area contributed by atoms with Crippen molar-refractivity contribution in [2.75, 3.05) is 0 Å². The van der Waals surface area contributed by atoms with E-state index in [2.05, 4.69) is 6.07 Å². The summed E-state index contributed by atoms with van der Waals surface area (Å²) in [7, 11) is 0. The third kappa shape index (κ3) is 1.32. The van der Waals surface area contributed by atoms with Crippen molar-refractivity contribution < 1.29 is 8.78 Å². The summed E-state index contributed by atoms with van der Waals surface area (Å²) in [5.74, 6) is -0.887. The molecule has 0 aromatic heterocycles. The van der Waals surface area contributed by atoms with E-state index in [4.69, 9.17) is 0 Å². The first-order valence-corrected chi connectivity index (χ1v) is 3.09. The van der Waals surface area contributed by atoms with Crippen molar-refractivity contribution >= 4 is 0 Å². The number of benzene rings is 1. The lowest BCUT2D eigenvalue weighted by Crippen LogP contribution is -1.88. The second-order valence-corrected chi connectivity index (χ2v) is 2.01. The first-order chi connectivity index (χ1) is 4.74. The molecule has 0 unspecified atom stereocenters. The van der Waals surface area contributed by atoms with Crippen LogP contribution in [-0.4, -0.2) is 0 Å². The molecule has 0 amide bonds. The molecule has 0 heterocycles. The van der Waals surface area contributed by atoms with Crippen LogP contribution in [-0.2, 0) is 6.42 Å². The van der Waals surface area contributed by atoms with Crippen LogP contribution in [0.4, 0.5) is 8.78 Å². The fraction of sp³-hybridized carbons (Fsp3) is 0.250. The molecule has 53 valence electrons. The van der Waals surface area contributed by atoms with Crippen LogP contribution in [0.25, 0.3) is 0 Å². The van der Waals surface area contributed by atoms with Gasteiger partial charge in [0.1, 0.15) is 11.6 Å². The zero-order chi connectivity index (χ0) is 7.56. The Morgan fingerprint density at radius 3 is 2.70 bits per heavy atom. The van der Waals surface area contributed by atoms with Gasteiger partial charge in [0, 0.05) is 6.07 Å². The number of aryl methyl sites for hydroxylation is 1. The van der Waals surface area contributed by atoms with Crippen molar-refractivity contribution in [3.8, 4) is 0 Å². The maximum atomic E-state index is 12.5. The summed E-state index contributed by atoms with van der Waals surface area (Å²) in [6.07, 6.45) is 0.500. The van der Waals surface area contributed by atoms with Gasteiger partial charge in [0.2, 0.25) is 0 Å². The highest BCUT2D eigenvalue weighted by Gasteiger charge is 1.99. The fourth-order valence-corrected chi connectivity index (χ4v) is 0.754. The topological polar surface area (TPSA) is 0 Å². The van der Waals surface area contributed by atoms with Crippen molar-refractivity contribution in [3.63, 3.8) is 0 Å². The van der Waals surface area contributed by atoms with E-state index >= 15 is 0 Å². The quantitative estimate of drug-likeness (QED) is 0.563. The zero-order valence-electron chi connectivity index (χ0n) is 5.62. The lowest BCUT2D eigenvalue weighted by Gasteiger charge is -1.96. The molecule has 0 saturated carbocycles. The molecule has 0 atom stereocenters. The van der Waals surface area contributed by atoms with Gasteiger partial charge in [-0.25, -0.2) is 8.78 Å². The molecule has 0 nitrogen and oxygen atoms in total. The van der Waals surface area contributed by atoms with Crippen LogP contribution >= 0.6 is 0 Å². The van der Waals surface area contributed by atoms with E-state index in [1.165, 1.54) is 6.07 Å². The van der Waals surface area contributed by atoms with Gasteiger partial charge in [0.15, 0.2) is 0 Å². The van der Waals surface area contributed by atoms with E-state index in [0.717, 1.165) is 6.07 Å². The van der Waals surface area contributed by atoms with Crippen molar-refractivity contribution in [2.45, 2.75) is 13.3 Å². The monoisotopic (exact) mass is 141 g/mol. The largest absolute Gasteiger partial charge is 0.207 e. The normalized spacial score (nSPS) is 9.90. The average Bonchev–Trinajstić information content (AvgIpc) is 1.94. The maximum Gasteiger partial charge on any atom is 0.134 e. The van der Waals surface area contributed by atoms with Crippen molar-refractivity contribution in [1.29, 1.82) is 0 Å². The average molecular weight is 141 g/mol. The molecule has 0 spiro atoms. The molecule has 1 aromatic rings. The van der Waals surface area contributed by atoms with Crippen molar-refractivity contribution in [3.05, 3.63) is 35.4 Å². The number of hydrogen-bond donors (Lipinski definition) is 0. The van der Waals surface area contributed by atoms with E-state index in [9.17, 15) is 8.78 Å². The second kappa shape index (κ2) is 2.78. The van der Waals surface area contributed by atoms with Gasteiger partial charge in [0.05, 0.1) is 0 Å². The number of rotatable bonds is 1. The van der Waals surface area contributed by atoms with Crippen molar-refractivity contribution in [1.82, 2.24) is 0 Å². The highest BCUT2D eigenvalue weighted by molar-refractivity contribution is 5.17. The van der Waals surface area contributed by atoms with Crippen LogP contribution < -0.4 is 0 Å². The molecule has 1 aromatic carbocycles. The smallest absolute Gasteiger partial charge is 0.134 e. The molecule has 0 fully saturated rings. The summed E-state index contributed by atoms with van der Waals surface area (Å²) in [6, 6.07) is 4.36. The highest BCUT2D eigenvalue weighted by Crippen LogP contribution is 2.08. The SMILES string of the molecule is CCc1cc(F)c[c]c1F. The summed E-state index contributed by atoms with van der Waals surface area (Å²) >= 11 is 0. The van der Waals surface area contributed by atoms with Gasteiger partial charge in [-0.3, -0.25) is 0 Å². The summed E-state index contributed by atoms with van der Waals surface area (Å²) in [4.78, 5) is 0. The lowest BCUT2D eigenvalue weighted by atomic mass is 10.1. The second-order valence-electron chi connectivity index (χ2n) is 2.01. The molecule has 0 aliphatic rings. The molecular formula is C8H7F2. The predicted octanol–water partition coefficient (Wildman–Crippen LogP) is 2.33. The molecule has 10 heavy (non-hydrogen) atoms. The fourth-order valence-electron chi connectivity index (χ4n) is 0.754. The molecule has 0 aliphatic carbocycles. The van der Waals surface area contributed by atoms with Crippen LogP contribution in [0, 0.1) is 17.7 Å². The minimum Gasteiger partial charge on any atom is -0.207 e. The molecule has 1 radical (unpaired) electrons. The Labute approximate surface area is 58.5 Å². The van der Waals surface area contributed by atoms with Gasteiger partial charge >= 0.3 is 0 Å². The maximum absolute atomic E-state index is 12.5. The summed E-state index contributed by atoms with van der Waals surface area (Å²) in [5.41, 5.74) is 0.375. The van der Waals surface area contributed by atoms with Crippen molar-refractivity contribution in [2.24, 2.45) is 0 Å². The Morgan fingerprint density at radius 1 is 1.50 bits per heavy atom. The first kappa shape index (κ1) is 7.19. The Hall–Kier alpha value is -0.920. The van der Waals surface area contributed by atoms with E-state index < -0.39 is 11.6 Å². The van der Waals surface area contributed by atoms with Crippen LogP contribution in [0.15, 0.2) is 12.1 Å². The Balaban J connectivity index is 3.09. The van der Waals surface area contributed by atoms with E-state index in [1.54, 1.807) is 6.92 Å². The third-order valence-electron chi connectivity index (χ3n) is 1.31. The van der Waals surface area contributed by atoms with Gasteiger partial charge in [-0.1, -0.05) is 6.92 Å². The van der Waals surface area contributed by atoms with E-state index in [-0.39, 0.29) is 0 Å². The van der Waals surface area contributed by atoms with Crippen LogP contribution in [0.3, 0.4) is 0 Å². The predicted molar refractivity (Wildman–Crippen MR) is 34.6 cm³/mol. The Morgan fingerprint density at radius 2 is 2.20 bits per heavy atom. The van der Waals surface area contributed by atoms with Crippen LogP contribution in [0.2, 0.25) is 0 Å². The zero-order valence-corrected chi connectivity index (χ0v) is 5.62. The third-order valence-corrected chi connectivity index (χ3v) is 1.31. The molecule has 0 aliphatic heterocycles.